The molecule has 0 aliphatic rings. The highest BCUT2D eigenvalue weighted by Gasteiger charge is 2.06. The molecule has 0 aromatic heterocycles. The molecule has 4 rings (SSSR count). The van der Waals surface area contributed by atoms with E-state index in [-0.39, 0.29) is 0 Å². The van der Waals surface area contributed by atoms with Gasteiger partial charge in [0, 0.05) is 0 Å². The Balaban J connectivity index is 1.86. The molecule has 0 saturated heterocycles. The van der Waals surface area contributed by atoms with Gasteiger partial charge in [0.1, 0.15) is 0 Å². The molecule has 0 unspecified atom stereocenters. The smallest absolute Gasteiger partial charge is 0.0105 e. The van der Waals surface area contributed by atoms with Crippen LogP contribution in [0.3, 0.4) is 0 Å². The molecule has 0 nitrogen and oxygen atoms in total. The Morgan fingerprint density at radius 3 is 2.44 bits per heavy atom. The van der Waals surface area contributed by atoms with E-state index in [1.807, 2.05) is 12.2 Å². The first-order valence-electron chi connectivity index (χ1n) is 9.28. The Hall–Kier alpha value is -3.38. The molecule has 0 amide bonds. The summed E-state index contributed by atoms with van der Waals surface area (Å²) in [6.45, 7) is 5.84. The number of allylic oxidation sites excluding steroid dienone is 5. The lowest BCUT2D eigenvalue weighted by Gasteiger charge is -2.10. The number of rotatable bonds is 4. The topological polar surface area (TPSA) is 0 Å². The van der Waals surface area contributed by atoms with Gasteiger partial charge >= 0.3 is 0 Å². The molecule has 130 valence electrons. The molecule has 0 aliphatic heterocycles. The summed E-state index contributed by atoms with van der Waals surface area (Å²) >= 11 is 0. The van der Waals surface area contributed by atoms with Gasteiger partial charge in [0.15, 0.2) is 0 Å². The van der Waals surface area contributed by atoms with Crippen LogP contribution in [-0.2, 0) is 0 Å². The lowest BCUT2D eigenvalue weighted by atomic mass is 9.94. The molecular formula is C27H22. The highest BCUT2D eigenvalue weighted by Crippen LogP contribution is 2.31. The predicted octanol–water partition coefficient (Wildman–Crippen LogP) is 7.81. The first-order valence-corrected chi connectivity index (χ1v) is 9.28. The molecule has 0 fully saturated rings. The van der Waals surface area contributed by atoms with Crippen LogP contribution in [0.2, 0.25) is 0 Å². The minimum Gasteiger partial charge on any atom is -0.0991 e. The van der Waals surface area contributed by atoms with Gasteiger partial charge in [-0.3, -0.25) is 0 Å². The molecule has 0 aliphatic carbocycles. The molecule has 0 bridgehead atoms. The highest BCUT2D eigenvalue weighted by atomic mass is 14.1. The number of hydrogen-bond donors (Lipinski definition) is 0. The van der Waals surface area contributed by atoms with Crippen LogP contribution in [0.25, 0.3) is 38.2 Å². The molecule has 0 heterocycles. The van der Waals surface area contributed by atoms with Crippen LogP contribution in [0.1, 0.15) is 12.5 Å². The summed E-state index contributed by atoms with van der Waals surface area (Å²) in [6, 6.07) is 28.5. The fourth-order valence-electron chi connectivity index (χ4n) is 3.60. The van der Waals surface area contributed by atoms with Gasteiger partial charge in [-0.2, -0.15) is 0 Å². The van der Waals surface area contributed by atoms with Crippen LogP contribution in [0.4, 0.5) is 0 Å². The quantitative estimate of drug-likeness (QED) is 0.331. The van der Waals surface area contributed by atoms with Crippen molar-refractivity contribution in [3.05, 3.63) is 115 Å². The van der Waals surface area contributed by atoms with Gasteiger partial charge in [-0.1, -0.05) is 97.6 Å². The lowest BCUT2D eigenvalue weighted by molar-refractivity contribution is 1.62. The minimum absolute atomic E-state index is 1.20. The van der Waals surface area contributed by atoms with E-state index < -0.39 is 0 Å². The fourth-order valence-corrected chi connectivity index (χ4v) is 3.60. The van der Waals surface area contributed by atoms with Gasteiger partial charge in [-0.05, 0) is 62.9 Å². The van der Waals surface area contributed by atoms with Gasteiger partial charge in [0.2, 0.25) is 0 Å². The van der Waals surface area contributed by atoms with Crippen molar-refractivity contribution in [1.82, 2.24) is 0 Å². The van der Waals surface area contributed by atoms with Crippen LogP contribution in [0, 0.1) is 0 Å². The molecule has 0 N–H and O–H groups in total. The van der Waals surface area contributed by atoms with E-state index >= 15 is 0 Å². The van der Waals surface area contributed by atoms with Crippen LogP contribution < -0.4 is 0 Å². The van der Waals surface area contributed by atoms with Gasteiger partial charge in [-0.25, -0.2) is 0 Å². The van der Waals surface area contributed by atoms with Crippen molar-refractivity contribution < 1.29 is 0 Å². The normalized spacial score (nSPS) is 12.1. The summed E-state index contributed by atoms with van der Waals surface area (Å²) in [4.78, 5) is 0. The lowest BCUT2D eigenvalue weighted by Crippen LogP contribution is -1.85. The Kier molecular flexibility index (Phi) is 4.72. The first-order chi connectivity index (χ1) is 13.3. The van der Waals surface area contributed by atoms with Crippen molar-refractivity contribution in [2.75, 3.05) is 0 Å². The maximum Gasteiger partial charge on any atom is -0.0105 e. The number of benzene rings is 4. The van der Waals surface area contributed by atoms with E-state index in [9.17, 15) is 0 Å². The van der Waals surface area contributed by atoms with Gasteiger partial charge in [0.05, 0.1) is 0 Å². The van der Waals surface area contributed by atoms with Crippen molar-refractivity contribution >= 4 is 27.1 Å². The minimum atomic E-state index is 1.20. The van der Waals surface area contributed by atoms with Crippen LogP contribution in [0.5, 0.6) is 0 Å². The average Bonchev–Trinajstić information content (AvgIpc) is 2.73. The summed E-state index contributed by atoms with van der Waals surface area (Å²) in [7, 11) is 0. The second-order valence-electron chi connectivity index (χ2n) is 6.64. The van der Waals surface area contributed by atoms with E-state index in [1.54, 1.807) is 0 Å². The molecule has 0 spiro atoms. The van der Waals surface area contributed by atoms with E-state index in [2.05, 4.69) is 105 Å². The summed E-state index contributed by atoms with van der Waals surface area (Å²) < 4.78 is 0. The molecule has 0 heteroatoms. The van der Waals surface area contributed by atoms with Crippen molar-refractivity contribution in [3.8, 4) is 11.1 Å². The molecule has 4 aromatic carbocycles. The predicted molar refractivity (Wildman–Crippen MR) is 120 cm³/mol. The van der Waals surface area contributed by atoms with Crippen LogP contribution >= 0.6 is 0 Å². The van der Waals surface area contributed by atoms with E-state index in [0.29, 0.717) is 0 Å². The zero-order valence-electron chi connectivity index (χ0n) is 15.5. The van der Waals surface area contributed by atoms with Gasteiger partial charge in [0.25, 0.3) is 0 Å². The Morgan fingerprint density at radius 1 is 0.778 bits per heavy atom. The largest absolute Gasteiger partial charge is 0.0991 e. The molecular weight excluding hydrogens is 324 g/mol. The second-order valence-corrected chi connectivity index (χ2v) is 6.64. The summed E-state index contributed by atoms with van der Waals surface area (Å²) in [5.41, 5.74) is 4.95. The standard InChI is InChI=1S/C27H22/c1-3-5-9-20(4-2)23-16-14-21-15-17-24(19-25(21)18-23)27-13-8-11-22-10-6-7-12-26(22)27/h3-19H,1H2,2H3/b9-5-,20-4+. The Morgan fingerprint density at radius 2 is 1.59 bits per heavy atom. The summed E-state index contributed by atoms with van der Waals surface area (Å²) in [5.74, 6) is 0. The van der Waals surface area contributed by atoms with Crippen molar-refractivity contribution in [3.63, 3.8) is 0 Å². The molecule has 4 aromatic rings. The van der Waals surface area contributed by atoms with Crippen molar-refractivity contribution in [1.29, 1.82) is 0 Å². The number of hydrogen-bond acceptors (Lipinski definition) is 0. The Labute approximate surface area is 160 Å². The molecule has 0 atom stereocenters. The summed E-state index contributed by atoms with van der Waals surface area (Å²) in [6.07, 6.45) is 8.02. The monoisotopic (exact) mass is 346 g/mol. The zero-order valence-corrected chi connectivity index (χ0v) is 15.5. The SMILES string of the molecule is C=C/C=C\C(=C/C)c1ccc2ccc(-c3cccc4ccccc34)cc2c1. The fraction of sp³-hybridized carbons (Fsp3) is 0.0370. The summed E-state index contributed by atoms with van der Waals surface area (Å²) in [5, 5.41) is 5.07. The third kappa shape index (κ3) is 3.35. The van der Waals surface area contributed by atoms with E-state index in [4.69, 9.17) is 0 Å². The maximum atomic E-state index is 3.77. The zero-order chi connectivity index (χ0) is 18.6. The molecule has 0 saturated carbocycles. The third-order valence-corrected chi connectivity index (χ3v) is 5.00. The number of fused-ring (bicyclic) bond motifs is 2. The first kappa shape index (κ1) is 17.1. The van der Waals surface area contributed by atoms with E-state index in [1.165, 1.54) is 43.8 Å². The van der Waals surface area contributed by atoms with Crippen molar-refractivity contribution in [2.45, 2.75) is 6.92 Å². The van der Waals surface area contributed by atoms with Gasteiger partial charge < -0.3 is 0 Å². The Bertz CT molecular complexity index is 1180. The van der Waals surface area contributed by atoms with E-state index in [0.717, 1.165) is 0 Å². The second kappa shape index (κ2) is 7.47. The average molecular weight is 346 g/mol. The maximum absolute atomic E-state index is 3.77. The third-order valence-electron chi connectivity index (χ3n) is 5.00. The van der Waals surface area contributed by atoms with Crippen molar-refractivity contribution in [2.24, 2.45) is 0 Å². The van der Waals surface area contributed by atoms with Gasteiger partial charge in [-0.15, -0.1) is 0 Å². The molecule has 27 heavy (non-hydrogen) atoms. The highest BCUT2D eigenvalue weighted by molar-refractivity contribution is 5.99. The van der Waals surface area contributed by atoms with Crippen LogP contribution in [-0.4, -0.2) is 0 Å². The molecule has 0 radical (unpaired) electrons. The van der Waals surface area contributed by atoms with Crippen LogP contribution in [0.15, 0.2) is 110 Å².